The highest BCUT2D eigenvalue weighted by Crippen LogP contribution is 2.33. The minimum atomic E-state index is -4.72. The van der Waals surface area contributed by atoms with Gasteiger partial charge in [-0.1, -0.05) is 54.1 Å². The topological polar surface area (TPSA) is 97.3 Å². The Morgan fingerprint density at radius 1 is 0.930 bits per heavy atom. The zero-order chi connectivity index (χ0) is 31.0. The van der Waals surface area contributed by atoms with Crippen LogP contribution in [0.2, 0.25) is 0 Å². The molecule has 12 heteroatoms. The van der Waals surface area contributed by atoms with E-state index in [0.29, 0.717) is 34.0 Å². The molecule has 43 heavy (non-hydrogen) atoms. The van der Waals surface area contributed by atoms with Crippen molar-refractivity contribution in [3.05, 3.63) is 119 Å². The molecule has 4 rings (SSSR count). The maximum absolute atomic E-state index is 13.5. The molecule has 0 saturated carbocycles. The summed E-state index contributed by atoms with van der Waals surface area (Å²) in [7, 11) is -2.95. The van der Waals surface area contributed by atoms with Crippen LogP contribution in [0.25, 0.3) is 0 Å². The Kier molecular flexibility index (Phi) is 9.71. The SMILES string of the molecule is COc1cc(/C=N/NC(=O)CN(c2cccc(C(F)(F)F)c2)S(=O)(=O)c2ccc(C)cc2)ccc1OCc1ccccc1. The van der Waals surface area contributed by atoms with Crippen molar-refractivity contribution >= 4 is 27.8 Å². The molecule has 0 aliphatic carbocycles. The largest absolute Gasteiger partial charge is 0.493 e. The Bertz CT molecular complexity index is 1690. The number of hydrogen-bond acceptors (Lipinski definition) is 6. The van der Waals surface area contributed by atoms with Crippen molar-refractivity contribution in [1.82, 2.24) is 5.43 Å². The highest BCUT2D eigenvalue weighted by Gasteiger charge is 2.33. The molecule has 8 nitrogen and oxygen atoms in total. The fraction of sp³-hybridized carbons (Fsp3) is 0.161. The van der Waals surface area contributed by atoms with Crippen LogP contribution in [-0.4, -0.2) is 34.2 Å². The number of hydrazone groups is 1. The number of carbonyl (C=O) groups excluding carboxylic acids is 1. The molecular weight excluding hydrogens is 583 g/mol. The number of amides is 1. The minimum Gasteiger partial charge on any atom is -0.493 e. The van der Waals surface area contributed by atoms with Crippen LogP contribution < -0.4 is 19.2 Å². The number of sulfonamides is 1. The van der Waals surface area contributed by atoms with Gasteiger partial charge in [-0.05, 0) is 66.6 Å². The molecule has 0 heterocycles. The molecule has 1 N–H and O–H groups in total. The number of alkyl halides is 3. The van der Waals surface area contributed by atoms with Gasteiger partial charge >= 0.3 is 6.18 Å². The number of methoxy groups -OCH3 is 1. The molecule has 0 aliphatic rings. The molecule has 4 aromatic carbocycles. The molecule has 0 atom stereocenters. The third kappa shape index (κ3) is 8.13. The van der Waals surface area contributed by atoms with Crippen molar-refractivity contribution in [3.8, 4) is 11.5 Å². The van der Waals surface area contributed by atoms with Gasteiger partial charge in [0.15, 0.2) is 11.5 Å². The first-order chi connectivity index (χ1) is 20.5. The number of halogens is 3. The van der Waals surface area contributed by atoms with E-state index in [4.69, 9.17) is 9.47 Å². The van der Waals surface area contributed by atoms with E-state index in [1.165, 1.54) is 31.5 Å². The summed E-state index contributed by atoms with van der Waals surface area (Å²) >= 11 is 0. The van der Waals surface area contributed by atoms with Gasteiger partial charge in [0.1, 0.15) is 13.2 Å². The van der Waals surface area contributed by atoms with E-state index in [9.17, 15) is 26.4 Å². The molecule has 224 valence electrons. The van der Waals surface area contributed by atoms with Crippen LogP contribution in [0.15, 0.2) is 107 Å². The average molecular weight is 612 g/mol. The van der Waals surface area contributed by atoms with Crippen molar-refractivity contribution < 1.29 is 35.9 Å². The summed E-state index contributed by atoms with van der Waals surface area (Å²) in [4.78, 5) is 12.6. The fourth-order valence-electron chi connectivity index (χ4n) is 3.95. The van der Waals surface area contributed by atoms with E-state index in [0.717, 1.165) is 23.3 Å². The van der Waals surface area contributed by atoms with Gasteiger partial charge in [0.2, 0.25) is 0 Å². The number of carbonyl (C=O) groups is 1. The molecule has 0 aromatic heterocycles. The standard InChI is InChI=1S/C31H28F3N3O5S/c1-22-11-14-27(15-12-22)43(39,40)37(26-10-6-9-25(18-26)31(32,33)34)20-30(38)36-35-19-24-13-16-28(29(17-24)41-2)42-21-23-7-4-3-5-8-23/h3-19H,20-21H2,1-2H3,(H,36,38)/b35-19+. The maximum Gasteiger partial charge on any atom is 0.416 e. The lowest BCUT2D eigenvalue weighted by atomic mass is 10.2. The molecule has 0 fully saturated rings. The van der Waals surface area contributed by atoms with E-state index in [2.05, 4.69) is 10.5 Å². The van der Waals surface area contributed by atoms with E-state index in [1.54, 1.807) is 37.3 Å². The Hall–Kier alpha value is -4.84. The summed E-state index contributed by atoms with van der Waals surface area (Å²) in [5, 5.41) is 3.89. The van der Waals surface area contributed by atoms with Gasteiger partial charge in [0.05, 0.1) is 29.5 Å². The molecule has 1 amide bonds. The van der Waals surface area contributed by atoms with Gasteiger partial charge in [-0.15, -0.1) is 0 Å². The van der Waals surface area contributed by atoms with E-state index in [-0.39, 0.29) is 10.6 Å². The lowest BCUT2D eigenvalue weighted by Crippen LogP contribution is -2.39. The van der Waals surface area contributed by atoms with Crippen LogP contribution >= 0.6 is 0 Å². The van der Waals surface area contributed by atoms with Crippen LogP contribution in [-0.2, 0) is 27.6 Å². The van der Waals surface area contributed by atoms with E-state index < -0.39 is 34.2 Å². The number of rotatable bonds is 11. The Morgan fingerprint density at radius 2 is 1.65 bits per heavy atom. The zero-order valence-electron chi connectivity index (χ0n) is 23.2. The number of anilines is 1. The monoisotopic (exact) mass is 611 g/mol. The van der Waals surface area contributed by atoms with Gasteiger partial charge in [-0.2, -0.15) is 18.3 Å². The van der Waals surface area contributed by atoms with Crippen molar-refractivity contribution in [2.75, 3.05) is 18.0 Å². The summed E-state index contributed by atoms with van der Waals surface area (Å²) < 4.78 is 79.0. The third-order valence-electron chi connectivity index (χ3n) is 6.19. The Morgan fingerprint density at radius 3 is 2.33 bits per heavy atom. The van der Waals surface area contributed by atoms with Crippen LogP contribution in [0.5, 0.6) is 11.5 Å². The second kappa shape index (κ2) is 13.4. The summed E-state index contributed by atoms with van der Waals surface area (Å²) in [6, 6.07) is 24.0. The first-order valence-corrected chi connectivity index (χ1v) is 14.3. The maximum atomic E-state index is 13.5. The number of nitrogens with zero attached hydrogens (tertiary/aromatic N) is 2. The third-order valence-corrected chi connectivity index (χ3v) is 7.97. The number of nitrogens with one attached hydrogen (secondary N) is 1. The molecule has 0 saturated heterocycles. The molecule has 4 aromatic rings. The fourth-order valence-corrected chi connectivity index (χ4v) is 5.37. The molecular formula is C31H28F3N3O5S. The Labute approximate surface area is 247 Å². The van der Waals surface area contributed by atoms with Gasteiger partial charge in [0.25, 0.3) is 15.9 Å². The molecule has 0 radical (unpaired) electrons. The summed E-state index contributed by atoms with van der Waals surface area (Å²) in [5.41, 5.74) is 3.14. The van der Waals surface area contributed by atoms with Crippen molar-refractivity contribution in [2.24, 2.45) is 5.10 Å². The predicted molar refractivity (Wildman–Crippen MR) is 157 cm³/mol. The minimum absolute atomic E-state index is 0.187. The average Bonchev–Trinajstić information content (AvgIpc) is 2.99. The van der Waals surface area contributed by atoms with Crippen LogP contribution in [0.4, 0.5) is 18.9 Å². The summed E-state index contributed by atoms with van der Waals surface area (Å²) in [6.07, 6.45) is -3.41. The molecule has 0 unspecified atom stereocenters. The lowest BCUT2D eigenvalue weighted by molar-refractivity contribution is -0.137. The number of hydrogen-bond donors (Lipinski definition) is 1. The smallest absolute Gasteiger partial charge is 0.416 e. The van der Waals surface area contributed by atoms with Gasteiger partial charge < -0.3 is 9.47 Å². The molecule has 0 bridgehead atoms. The predicted octanol–water partition coefficient (Wildman–Crippen LogP) is 5.95. The quantitative estimate of drug-likeness (QED) is 0.167. The van der Waals surface area contributed by atoms with Crippen LogP contribution in [0, 0.1) is 6.92 Å². The lowest BCUT2D eigenvalue weighted by Gasteiger charge is -2.24. The summed E-state index contributed by atoms with van der Waals surface area (Å²) in [5.74, 6) is 0.0378. The summed E-state index contributed by atoms with van der Waals surface area (Å²) in [6.45, 7) is 1.26. The van der Waals surface area contributed by atoms with Crippen molar-refractivity contribution in [1.29, 1.82) is 0 Å². The first kappa shape index (κ1) is 31.1. The second-order valence-corrected chi connectivity index (χ2v) is 11.2. The molecule has 0 spiro atoms. The number of aryl methyl sites for hydroxylation is 1. The molecule has 0 aliphatic heterocycles. The van der Waals surface area contributed by atoms with Crippen molar-refractivity contribution in [3.63, 3.8) is 0 Å². The number of ether oxygens (including phenoxy) is 2. The normalized spacial score (nSPS) is 11.7. The van der Waals surface area contributed by atoms with Gasteiger partial charge in [-0.3, -0.25) is 9.10 Å². The van der Waals surface area contributed by atoms with Crippen LogP contribution in [0.1, 0.15) is 22.3 Å². The Balaban J connectivity index is 1.51. The van der Waals surface area contributed by atoms with Gasteiger partial charge in [0, 0.05) is 0 Å². The zero-order valence-corrected chi connectivity index (χ0v) is 24.0. The first-order valence-electron chi connectivity index (χ1n) is 12.9. The van der Waals surface area contributed by atoms with E-state index >= 15 is 0 Å². The number of benzene rings is 4. The highest BCUT2D eigenvalue weighted by molar-refractivity contribution is 7.92. The van der Waals surface area contributed by atoms with Crippen LogP contribution in [0.3, 0.4) is 0 Å². The second-order valence-electron chi connectivity index (χ2n) is 9.35. The highest BCUT2D eigenvalue weighted by atomic mass is 32.2. The van der Waals surface area contributed by atoms with E-state index in [1.807, 2.05) is 30.3 Å². The van der Waals surface area contributed by atoms with Crippen molar-refractivity contribution in [2.45, 2.75) is 24.6 Å². The van der Waals surface area contributed by atoms with Gasteiger partial charge in [-0.25, -0.2) is 13.8 Å².